The maximum Gasteiger partial charge on any atom is 0.325 e. The van der Waals surface area contributed by atoms with Crippen molar-refractivity contribution in [3.63, 3.8) is 0 Å². The third-order valence-electron chi connectivity index (χ3n) is 4.57. The zero-order chi connectivity index (χ0) is 19.2. The standard InChI is InChI=1S/C21H23N3O3/c1-2-15-9-6-10-17(13-15)22-19(25)12-11-18-20(26)24(21(27)23-18)14-16-7-4-3-5-8-16/h3-10,13,18H,2,11-12,14H2,1H3,(H,22,25)(H,23,27)/t18-/m1/s1. The Labute approximate surface area is 158 Å². The first-order valence-corrected chi connectivity index (χ1v) is 9.11. The minimum atomic E-state index is -0.658. The summed E-state index contributed by atoms with van der Waals surface area (Å²) in [4.78, 5) is 38.0. The normalized spacial score (nSPS) is 16.3. The maximum absolute atomic E-state index is 12.5. The maximum atomic E-state index is 12.5. The zero-order valence-corrected chi connectivity index (χ0v) is 15.3. The molecule has 2 N–H and O–H groups in total. The lowest BCUT2D eigenvalue weighted by Crippen LogP contribution is -2.31. The fourth-order valence-electron chi connectivity index (χ4n) is 3.06. The van der Waals surface area contributed by atoms with Crippen molar-refractivity contribution in [1.29, 1.82) is 0 Å². The van der Waals surface area contributed by atoms with Crippen LogP contribution in [0.5, 0.6) is 0 Å². The van der Waals surface area contributed by atoms with E-state index in [0.717, 1.165) is 23.2 Å². The Bertz CT molecular complexity index is 836. The number of imide groups is 1. The van der Waals surface area contributed by atoms with Crippen molar-refractivity contribution in [2.24, 2.45) is 0 Å². The van der Waals surface area contributed by atoms with E-state index in [1.165, 1.54) is 4.90 Å². The molecule has 1 aliphatic heterocycles. The molecule has 0 aromatic heterocycles. The first-order chi connectivity index (χ1) is 13.1. The number of carbonyl (C=O) groups excluding carboxylic acids is 3. The molecule has 27 heavy (non-hydrogen) atoms. The lowest BCUT2D eigenvalue weighted by atomic mass is 10.1. The summed E-state index contributed by atoms with van der Waals surface area (Å²) >= 11 is 0. The molecule has 0 radical (unpaired) electrons. The number of urea groups is 1. The highest BCUT2D eigenvalue weighted by Gasteiger charge is 2.37. The molecule has 0 unspecified atom stereocenters. The molecule has 4 amide bonds. The molecule has 1 heterocycles. The van der Waals surface area contributed by atoms with E-state index < -0.39 is 12.1 Å². The van der Waals surface area contributed by atoms with Crippen LogP contribution in [0.4, 0.5) is 10.5 Å². The van der Waals surface area contributed by atoms with Crippen molar-refractivity contribution >= 4 is 23.5 Å². The van der Waals surface area contributed by atoms with E-state index >= 15 is 0 Å². The predicted octanol–water partition coefficient (Wildman–Crippen LogP) is 3.09. The van der Waals surface area contributed by atoms with Gasteiger partial charge >= 0.3 is 6.03 Å². The Balaban J connectivity index is 1.52. The highest BCUT2D eigenvalue weighted by atomic mass is 16.2. The van der Waals surface area contributed by atoms with E-state index in [0.29, 0.717) is 0 Å². The lowest BCUT2D eigenvalue weighted by molar-refractivity contribution is -0.128. The van der Waals surface area contributed by atoms with Gasteiger partial charge in [0.25, 0.3) is 5.91 Å². The second kappa shape index (κ2) is 8.49. The largest absolute Gasteiger partial charge is 0.326 e. The van der Waals surface area contributed by atoms with Gasteiger partial charge in [-0.3, -0.25) is 14.5 Å². The molecule has 0 bridgehead atoms. The molecular formula is C21H23N3O3. The third kappa shape index (κ3) is 4.73. The summed E-state index contributed by atoms with van der Waals surface area (Å²) in [5, 5.41) is 5.51. The molecule has 0 aliphatic carbocycles. The average Bonchev–Trinajstić information content (AvgIpc) is 2.95. The molecule has 6 nitrogen and oxygen atoms in total. The smallest absolute Gasteiger partial charge is 0.325 e. The van der Waals surface area contributed by atoms with E-state index in [4.69, 9.17) is 0 Å². The molecule has 1 saturated heterocycles. The second-order valence-electron chi connectivity index (χ2n) is 6.55. The summed E-state index contributed by atoms with van der Waals surface area (Å²) in [5.74, 6) is -0.462. The van der Waals surface area contributed by atoms with Crippen LogP contribution in [0.1, 0.15) is 30.9 Å². The zero-order valence-electron chi connectivity index (χ0n) is 15.3. The van der Waals surface area contributed by atoms with Crippen molar-refractivity contribution in [1.82, 2.24) is 10.2 Å². The third-order valence-corrected chi connectivity index (χ3v) is 4.57. The minimum Gasteiger partial charge on any atom is -0.326 e. The molecular weight excluding hydrogens is 342 g/mol. The Hall–Kier alpha value is -3.15. The highest BCUT2D eigenvalue weighted by Crippen LogP contribution is 2.16. The SMILES string of the molecule is CCc1cccc(NC(=O)CC[C@H]2NC(=O)N(Cc3ccccc3)C2=O)c1. The van der Waals surface area contributed by atoms with Crippen LogP contribution in [0.3, 0.4) is 0 Å². The molecule has 1 aliphatic rings. The molecule has 6 heteroatoms. The van der Waals surface area contributed by atoms with Gasteiger partial charge in [0.2, 0.25) is 5.91 Å². The predicted molar refractivity (Wildman–Crippen MR) is 103 cm³/mol. The van der Waals surface area contributed by atoms with Crippen LogP contribution < -0.4 is 10.6 Å². The first kappa shape index (κ1) is 18.6. The van der Waals surface area contributed by atoms with Gasteiger partial charge in [-0.05, 0) is 36.1 Å². The quantitative estimate of drug-likeness (QED) is 0.740. The monoisotopic (exact) mass is 365 g/mol. The molecule has 0 saturated carbocycles. The van der Waals surface area contributed by atoms with Gasteiger partial charge in [-0.15, -0.1) is 0 Å². The van der Waals surface area contributed by atoms with E-state index in [9.17, 15) is 14.4 Å². The van der Waals surface area contributed by atoms with E-state index in [1.807, 2.05) is 54.6 Å². The Morgan fingerprint density at radius 3 is 2.56 bits per heavy atom. The number of carbonyl (C=O) groups is 3. The number of benzene rings is 2. The summed E-state index contributed by atoms with van der Waals surface area (Å²) in [6, 6.07) is 15.9. The molecule has 0 spiro atoms. The summed E-state index contributed by atoms with van der Waals surface area (Å²) in [5.41, 5.74) is 2.77. The van der Waals surface area contributed by atoms with E-state index in [1.54, 1.807) is 0 Å². The van der Waals surface area contributed by atoms with E-state index in [2.05, 4.69) is 17.6 Å². The first-order valence-electron chi connectivity index (χ1n) is 9.11. The molecule has 3 rings (SSSR count). The minimum absolute atomic E-state index is 0.159. The molecule has 2 aromatic rings. The Kier molecular flexibility index (Phi) is 5.86. The molecule has 1 fully saturated rings. The van der Waals surface area contributed by atoms with Gasteiger partial charge in [-0.2, -0.15) is 0 Å². The molecule has 140 valence electrons. The average molecular weight is 365 g/mol. The molecule has 1 atom stereocenters. The Morgan fingerprint density at radius 2 is 1.81 bits per heavy atom. The van der Waals surface area contributed by atoms with Crippen LogP contribution >= 0.6 is 0 Å². The van der Waals surface area contributed by atoms with Gasteiger partial charge in [0, 0.05) is 12.1 Å². The fraction of sp³-hybridized carbons (Fsp3) is 0.286. The van der Waals surface area contributed by atoms with Gasteiger partial charge in [0.15, 0.2) is 0 Å². The number of hydrogen-bond donors (Lipinski definition) is 2. The van der Waals surface area contributed by atoms with E-state index in [-0.39, 0.29) is 31.2 Å². The van der Waals surface area contributed by atoms with Crippen molar-refractivity contribution in [2.45, 2.75) is 38.8 Å². The fourth-order valence-corrected chi connectivity index (χ4v) is 3.06. The Morgan fingerprint density at radius 1 is 1.07 bits per heavy atom. The van der Waals surface area contributed by atoms with Crippen LogP contribution in [-0.2, 0) is 22.6 Å². The van der Waals surface area contributed by atoms with Crippen molar-refractivity contribution in [2.75, 3.05) is 5.32 Å². The number of nitrogens with one attached hydrogen (secondary N) is 2. The topological polar surface area (TPSA) is 78.5 Å². The van der Waals surface area contributed by atoms with Gasteiger partial charge in [-0.1, -0.05) is 49.4 Å². The number of nitrogens with zero attached hydrogens (tertiary/aromatic N) is 1. The summed E-state index contributed by atoms with van der Waals surface area (Å²) < 4.78 is 0. The van der Waals surface area contributed by atoms with Crippen LogP contribution in [0, 0.1) is 0 Å². The van der Waals surface area contributed by atoms with Gasteiger partial charge in [-0.25, -0.2) is 4.79 Å². The van der Waals surface area contributed by atoms with Crippen molar-refractivity contribution in [3.05, 3.63) is 65.7 Å². The van der Waals surface area contributed by atoms with Crippen LogP contribution in [0.25, 0.3) is 0 Å². The number of anilines is 1. The summed E-state index contributed by atoms with van der Waals surface area (Å²) in [6.07, 6.45) is 1.32. The number of amides is 4. The number of rotatable bonds is 7. The summed E-state index contributed by atoms with van der Waals surface area (Å²) in [7, 11) is 0. The van der Waals surface area contributed by atoms with Gasteiger partial charge in [0.05, 0.1) is 6.54 Å². The van der Waals surface area contributed by atoms with Gasteiger partial charge < -0.3 is 10.6 Å². The van der Waals surface area contributed by atoms with Crippen LogP contribution in [0.15, 0.2) is 54.6 Å². The van der Waals surface area contributed by atoms with Crippen LogP contribution in [-0.4, -0.2) is 28.8 Å². The van der Waals surface area contributed by atoms with Crippen molar-refractivity contribution in [3.8, 4) is 0 Å². The van der Waals surface area contributed by atoms with Crippen LogP contribution in [0.2, 0.25) is 0 Å². The number of hydrogen-bond acceptors (Lipinski definition) is 3. The van der Waals surface area contributed by atoms with Gasteiger partial charge in [0.1, 0.15) is 6.04 Å². The molecule has 2 aromatic carbocycles. The van der Waals surface area contributed by atoms with Crippen molar-refractivity contribution < 1.29 is 14.4 Å². The second-order valence-corrected chi connectivity index (χ2v) is 6.55. The lowest BCUT2D eigenvalue weighted by Gasteiger charge is -2.13. The summed E-state index contributed by atoms with van der Waals surface area (Å²) in [6.45, 7) is 2.29. The number of aryl methyl sites for hydroxylation is 1. The highest BCUT2D eigenvalue weighted by molar-refractivity contribution is 6.04.